The van der Waals surface area contributed by atoms with Crippen LogP contribution in [-0.2, 0) is 20.9 Å². The molecule has 0 bridgehead atoms. The molecule has 1 heterocycles. The number of aliphatic hydroxyl groups is 2. The van der Waals surface area contributed by atoms with Gasteiger partial charge in [0, 0.05) is 55.9 Å². The molecule has 5 aromatic rings. The highest BCUT2D eigenvalue weighted by atomic mass is 19.1. The highest BCUT2D eigenvalue weighted by Crippen LogP contribution is 2.62. The lowest BCUT2D eigenvalue weighted by atomic mass is 9.55. The van der Waals surface area contributed by atoms with E-state index in [-0.39, 0.29) is 56.2 Å². The number of carbonyl (C=O) groups is 1. The third-order valence-electron chi connectivity index (χ3n) is 13.6. The van der Waals surface area contributed by atoms with Crippen LogP contribution in [0, 0.1) is 33.7 Å². The molecule has 2 aliphatic carbocycles. The Bertz CT molecular complexity index is 2670. The van der Waals surface area contributed by atoms with E-state index in [1.54, 1.807) is 41.3 Å². The second kappa shape index (κ2) is 23.1. The van der Waals surface area contributed by atoms with Gasteiger partial charge in [0.1, 0.15) is 35.7 Å². The number of carbonyl (C=O) groups excluding carboxylic acids is 1. The summed E-state index contributed by atoms with van der Waals surface area (Å²) in [6.07, 6.45) is 11.4. The average molecular weight is 950 g/mol. The number of halogens is 1. The molecule has 12 nitrogen and oxygen atoms in total. The molecule has 70 heavy (non-hydrogen) atoms. The molecule has 1 aliphatic heterocycles. The first-order chi connectivity index (χ1) is 34.2. The van der Waals surface area contributed by atoms with Crippen LogP contribution in [-0.4, -0.2) is 69.9 Å². The fourth-order valence-corrected chi connectivity index (χ4v) is 10.4. The number of nitrogens with zero attached hydrogens (tertiary/aromatic N) is 3. The van der Waals surface area contributed by atoms with E-state index in [0.717, 1.165) is 47.9 Å². The SMILES string of the molecule is C=CCOC12Oc3ccc(Oc4ccc(-c5ccccc5)cc4)cc3C3C(CCCCO)C(CCCCO)C=C(C(=NOCC)CC1N(Cc1ccc(F)cc1)C(=O)C=Cc1ccc([N+](=O)[O-])cc1)C32. The van der Waals surface area contributed by atoms with Crippen LogP contribution >= 0.6 is 0 Å². The van der Waals surface area contributed by atoms with E-state index < -0.39 is 34.4 Å². The zero-order chi connectivity index (χ0) is 49.0. The standard InChI is InChI=1S/C57H60FN3O9/c1-3-34-67-57-53(60(38-40-16-23-44(58)24-17-40)54(64)31-20-39-18-25-45(26-19-39)61(65)66)37-51(59-68-4-2)49-35-43(14-8-10-32-62)48(15-9-11-33-63)55(56(49)57)50-36-47(29-30-52(50)70-57)69-46-27-21-42(22-28-46)41-12-6-5-7-13-41/h3,5-7,12-13,16-31,35-36,43,48,53,55-56,62-63H,1,4,8-11,14-15,32-34,37-38H2,2H3. The Morgan fingerprint density at radius 3 is 2.30 bits per heavy atom. The molecule has 1 saturated carbocycles. The van der Waals surface area contributed by atoms with Crippen molar-refractivity contribution in [2.45, 2.75) is 76.2 Å². The number of ether oxygens (including phenoxy) is 3. The Kier molecular flexibility index (Phi) is 16.3. The minimum Gasteiger partial charge on any atom is -0.459 e. The molecule has 1 amide bonds. The number of allylic oxidation sites excluding steroid dienone is 1. The van der Waals surface area contributed by atoms with Crippen LogP contribution < -0.4 is 9.47 Å². The molecular weight excluding hydrogens is 890 g/mol. The van der Waals surface area contributed by atoms with Crippen LogP contribution in [0.25, 0.3) is 17.2 Å². The normalized spacial score (nSPS) is 21.8. The Labute approximate surface area is 408 Å². The van der Waals surface area contributed by atoms with E-state index in [1.165, 1.54) is 30.3 Å². The number of hydrogen-bond acceptors (Lipinski definition) is 10. The highest BCUT2D eigenvalue weighted by molar-refractivity contribution is 6.03. The molecular formula is C57H60FN3O9. The van der Waals surface area contributed by atoms with Crippen LogP contribution in [0.3, 0.4) is 0 Å². The number of fused-ring (bicyclic) bond motifs is 2. The summed E-state index contributed by atoms with van der Waals surface area (Å²) in [5.41, 5.74) is 5.73. The van der Waals surface area contributed by atoms with Gasteiger partial charge in [0.25, 0.3) is 5.69 Å². The lowest BCUT2D eigenvalue weighted by molar-refractivity contribution is -0.384. The third-order valence-corrected chi connectivity index (χ3v) is 13.6. The van der Waals surface area contributed by atoms with Crippen LogP contribution in [0.1, 0.15) is 74.5 Å². The van der Waals surface area contributed by atoms with Gasteiger partial charge in [0.2, 0.25) is 11.7 Å². The quantitative estimate of drug-likeness (QED) is 0.0227. The van der Waals surface area contributed by atoms with E-state index >= 15 is 4.79 Å². The van der Waals surface area contributed by atoms with Crippen molar-refractivity contribution in [1.82, 2.24) is 4.90 Å². The summed E-state index contributed by atoms with van der Waals surface area (Å²) in [7, 11) is 0. The lowest BCUT2D eigenvalue weighted by Gasteiger charge is -2.60. The molecule has 364 valence electrons. The van der Waals surface area contributed by atoms with Crippen molar-refractivity contribution in [2.24, 2.45) is 22.9 Å². The molecule has 6 atom stereocenters. The number of amides is 1. The third kappa shape index (κ3) is 11.1. The van der Waals surface area contributed by atoms with E-state index in [2.05, 4.69) is 24.8 Å². The number of rotatable bonds is 22. The molecule has 8 rings (SSSR count). The summed E-state index contributed by atoms with van der Waals surface area (Å²) in [5, 5.41) is 36.2. The summed E-state index contributed by atoms with van der Waals surface area (Å²) >= 11 is 0. The second-order valence-electron chi connectivity index (χ2n) is 18.0. The van der Waals surface area contributed by atoms with Gasteiger partial charge in [-0.15, -0.1) is 6.58 Å². The van der Waals surface area contributed by atoms with Gasteiger partial charge in [-0.25, -0.2) is 4.39 Å². The van der Waals surface area contributed by atoms with E-state index in [4.69, 9.17) is 24.2 Å². The molecule has 2 N–H and O–H groups in total. The zero-order valence-corrected chi connectivity index (χ0v) is 39.4. The summed E-state index contributed by atoms with van der Waals surface area (Å²) in [4.78, 5) is 33.6. The lowest BCUT2D eigenvalue weighted by Crippen LogP contribution is -2.70. The topological polar surface area (TPSA) is 153 Å². The molecule has 1 fully saturated rings. The highest BCUT2D eigenvalue weighted by Gasteiger charge is 2.65. The van der Waals surface area contributed by atoms with Crippen molar-refractivity contribution in [3.8, 4) is 28.4 Å². The minimum atomic E-state index is -1.55. The number of oxime groups is 1. The summed E-state index contributed by atoms with van der Waals surface area (Å²) in [5.74, 6) is -1.45. The maximum atomic E-state index is 15.1. The largest absolute Gasteiger partial charge is 0.459 e. The Morgan fingerprint density at radius 1 is 0.914 bits per heavy atom. The maximum absolute atomic E-state index is 15.1. The van der Waals surface area contributed by atoms with Gasteiger partial charge in [0.15, 0.2) is 0 Å². The van der Waals surface area contributed by atoms with Crippen LogP contribution in [0.2, 0.25) is 0 Å². The Hall–Kier alpha value is -6.93. The van der Waals surface area contributed by atoms with Crippen molar-refractivity contribution in [3.63, 3.8) is 0 Å². The van der Waals surface area contributed by atoms with Crippen LogP contribution in [0.15, 0.2) is 157 Å². The molecule has 0 aromatic heterocycles. The van der Waals surface area contributed by atoms with Crippen molar-refractivity contribution in [1.29, 1.82) is 0 Å². The van der Waals surface area contributed by atoms with Gasteiger partial charge in [0.05, 0.1) is 23.2 Å². The fourth-order valence-electron chi connectivity index (χ4n) is 10.4. The number of non-ortho nitro benzene ring substituents is 1. The van der Waals surface area contributed by atoms with Crippen molar-refractivity contribution >= 4 is 23.4 Å². The summed E-state index contributed by atoms with van der Waals surface area (Å²) in [6.45, 7) is 6.40. The number of unbranched alkanes of at least 4 members (excludes halogenated alkanes) is 2. The first kappa shape index (κ1) is 49.5. The molecule has 3 aliphatic rings. The first-order valence-electron chi connectivity index (χ1n) is 24.2. The number of aliphatic hydroxyl groups excluding tert-OH is 2. The number of nitro benzene ring substituents is 1. The fraction of sp³-hybridized carbons (Fsp3) is 0.333. The predicted molar refractivity (Wildman–Crippen MR) is 268 cm³/mol. The molecule has 13 heteroatoms. The minimum absolute atomic E-state index is 0.0182. The van der Waals surface area contributed by atoms with Gasteiger partial charge in [-0.1, -0.05) is 84.7 Å². The predicted octanol–water partition coefficient (Wildman–Crippen LogP) is 11.6. The summed E-state index contributed by atoms with van der Waals surface area (Å²) < 4.78 is 35.6. The Morgan fingerprint density at radius 2 is 1.61 bits per heavy atom. The molecule has 0 spiro atoms. The summed E-state index contributed by atoms with van der Waals surface area (Å²) in [6, 6.07) is 35.0. The smallest absolute Gasteiger partial charge is 0.269 e. The average Bonchev–Trinajstić information content (AvgIpc) is 3.38. The number of benzene rings is 5. The number of nitro groups is 1. The molecule has 0 saturated heterocycles. The van der Waals surface area contributed by atoms with E-state index in [1.807, 2.05) is 67.6 Å². The van der Waals surface area contributed by atoms with E-state index in [0.29, 0.717) is 53.5 Å². The molecule has 0 radical (unpaired) electrons. The van der Waals surface area contributed by atoms with Gasteiger partial charge in [-0.05, 0) is 133 Å². The Balaban J connectivity index is 1.30. The van der Waals surface area contributed by atoms with Crippen molar-refractivity contribution in [3.05, 3.63) is 184 Å². The van der Waals surface area contributed by atoms with Gasteiger partial charge >= 0.3 is 0 Å². The zero-order valence-electron chi connectivity index (χ0n) is 39.4. The van der Waals surface area contributed by atoms with Crippen molar-refractivity contribution < 1.29 is 43.4 Å². The molecule has 5 aromatic carbocycles. The number of hydrogen-bond donors (Lipinski definition) is 2. The second-order valence-corrected chi connectivity index (χ2v) is 18.0. The van der Waals surface area contributed by atoms with Crippen LogP contribution in [0.5, 0.6) is 17.2 Å². The van der Waals surface area contributed by atoms with Gasteiger partial charge in [-0.3, -0.25) is 14.9 Å². The first-order valence-corrected chi connectivity index (χ1v) is 24.2. The van der Waals surface area contributed by atoms with Gasteiger partial charge in [-0.2, -0.15) is 0 Å². The van der Waals surface area contributed by atoms with Gasteiger partial charge < -0.3 is 34.2 Å². The van der Waals surface area contributed by atoms with Crippen molar-refractivity contribution in [2.75, 3.05) is 26.4 Å². The monoisotopic (exact) mass is 949 g/mol. The van der Waals surface area contributed by atoms with Crippen LogP contribution in [0.4, 0.5) is 10.1 Å². The maximum Gasteiger partial charge on any atom is 0.269 e. The molecule has 6 unspecified atom stereocenters. The van der Waals surface area contributed by atoms with E-state index in [9.17, 15) is 24.7 Å².